The largest absolute Gasteiger partial charge is 0.390 e. The molecule has 0 aliphatic heterocycles. The summed E-state index contributed by atoms with van der Waals surface area (Å²) in [5.41, 5.74) is -7.76. The highest BCUT2D eigenvalue weighted by Crippen LogP contribution is 2.64. The third kappa shape index (κ3) is 3.25. The highest BCUT2D eigenvalue weighted by Gasteiger charge is 2.76. The molecule has 0 aromatic heterocycles. The van der Waals surface area contributed by atoms with Crippen molar-refractivity contribution in [2.75, 3.05) is 0 Å². The minimum atomic E-state index is -1.61. The van der Waals surface area contributed by atoms with Gasteiger partial charge in [0.1, 0.15) is 0 Å². The molecule has 4 nitrogen and oxygen atoms in total. The normalized spacial score (nSPS) is 22.3. The number of hydrogen-bond acceptors (Lipinski definition) is 4. The first-order chi connectivity index (χ1) is 11.3. The average Bonchev–Trinajstić information content (AvgIpc) is 2.43. The van der Waals surface area contributed by atoms with E-state index in [1.54, 1.807) is 27.7 Å². The molecule has 4 atom stereocenters. The molecule has 4 N–H and O–H groups in total. The molecule has 0 saturated carbocycles. The monoisotopic (exact) mass is 374 g/mol. The Hall–Kier alpha value is -0.160. The Bertz CT molecular complexity index is 449. The third-order valence-electron chi connectivity index (χ3n) is 7.49. The fourth-order valence-corrected chi connectivity index (χ4v) is 5.78. The molecule has 0 aliphatic rings. The van der Waals surface area contributed by atoms with Crippen molar-refractivity contribution in [1.82, 2.24) is 0 Å². The van der Waals surface area contributed by atoms with Crippen LogP contribution in [0, 0.1) is 29.1 Å². The predicted octanol–water partition coefficient (Wildman–Crippen LogP) is 3.99. The molecular weight excluding hydrogens is 328 g/mol. The first-order valence-electron chi connectivity index (χ1n) is 10.2. The summed E-state index contributed by atoms with van der Waals surface area (Å²) in [7, 11) is 0. The molecule has 0 heterocycles. The van der Waals surface area contributed by atoms with Gasteiger partial charge in [-0.15, -0.1) is 0 Å². The van der Waals surface area contributed by atoms with Crippen LogP contribution in [0.4, 0.5) is 0 Å². The molecule has 0 amide bonds. The van der Waals surface area contributed by atoms with E-state index in [-0.39, 0.29) is 23.7 Å². The van der Waals surface area contributed by atoms with Gasteiger partial charge in [-0.3, -0.25) is 0 Å². The summed E-state index contributed by atoms with van der Waals surface area (Å²) in [6, 6.07) is 0. The van der Waals surface area contributed by atoms with Gasteiger partial charge in [-0.05, 0) is 51.4 Å². The van der Waals surface area contributed by atoms with Crippen molar-refractivity contribution in [2.45, 2.75) is 112 Å². The van der Waals surface area contributed by atoms with Crippen molar-refractivity contribution in [1.29, 1.82) is 0 Å². The molecule has 0 spiro atoms. The minimum Gasteiger partial charge on any atom is -0.390 e. The fourth-order valence-electron chi connectivity index (χ4n) is 5.78. The lowest BCUT2D eigenvalue weighted by Gasteiger charge is -2.70. The first kappa shape index (κ1) is 25.8. The first-order valence-corrected chi connectivity index (χ1v) is 10.2. The smallest absolute Gasteiger partial charge is 0.0850 e. The summed E-state index contributed by atoms with van der Waals surface area (Å²) in [5.74, 6) is -1.14. The van der Waals surface area contributed by atoms with Crippen LogP contribution in [0.1, 0.15) is 89.5 Å². The Labute approximate surface area is 162 Å². The van der Waals surface area contributed by atoms with E-state index in [4.69, 9.17) is 0 Å². The number of rotatable bonds is 9. The lowest BCUT2D eigenvalue weighted by molar-refractivity contribution is -0.366. The quantitative estimate of drug-likeness (QED) is 0.492. The van der Waals surface area contributed by atoms with Crippen LogP contribution in [-0.4, -0.2) is 42.8 Å². The molecule has 0 bridgehead atoms. The Kier molecular flexibility index (Phi) is 7.65. The zero-order valence-electron chi connectivity index (χ0n) is 19.3. The second-order valence-electron chi connectivity index (χ2n) is 10.2. The molecular formula is C22H46O4. The summed E-state index contributed by atoms with van der Waals surface area (Å²) in [5, 5.41) is 47.6. The second kappa shape index (κ2) is 7.69. The SMILES string of the molecule is CCC(C)C(C)(O)C(C(C)(C)O)(C(C)(O)C(C)C)C(O)(C(C)C)C(C)C. The Morgan fingerprint density at radius 3 is 1.15 bits per heavy atom. The zero-order valence-corrected chi connectivity index (χ0v) is 19.3. The Balaban J connectivity index is 7.61. The van der Waals surface area contributed by atoms with Gasteiger partial charge in [-0.25, -0.2) is 0 Å². The van der Waals surface area contributed by atoms with Gasteiger partial charge in [0.2, 0.25) is 0 Å². The molecule has 4 unspecified atom stereocenters. The molecule has 0 aromatic rings. The van der Waals surface area contributed by atoms with Crippen LogP contribution < -0.4 is 0 Å². The van der Waals surface area contributed by atoms with Crippen molar-refractivity contribution in [3.8, 4) is 0 Å². The molecule has 0 rings (SSSR count). The standard InChI is InChI=1S/C22H46O4/c1-13-17(8)20(12,25)22(18(9,10)23,19(11,24)14(2)3)21(26,15(4)5)16(6)7/h14-17,23-26H,13H2,1-12H3. The molecule has 26 heavy (non-hydrogen) atoms. The van der Waals surface area contributed by atoms with Gasteiger partial charge in [0.05, 0.1) is 27.8 Å². The fraction of sp³-hybridized carbons (Fsp3) is 1.00. The lowest BCUT2D eigenvalue weighted by Crippen LogP contribution is -2.82. The van der Waals surface area contributed by atoms with E-state index in [0.29, 0.717) is 6.42 Å². The zero-order chi connectivity index (χ0) is 21.5. The van der Waals surface area contributed by atoms with Crippen LogP contribution in [-0.2, 0) is 0 Å². The number of hydrogen-bond donors (Lipinski definition) is 4. The van der Waals surface area contributed by atoms with Crippen LogP contribution in [0.2, 0.25) is 0 Å². The minimum absolute atomic E-state index is 0.247. The van der Waals surface area contributed by atoms with Gasteiger partial charge < -0.3 is 20.4 Å². The van der Waals surface area contributed by atoms with Gasteiger partial charge in [0.15, 0.2) is 0 Å². The van der Waals surface area contributed by atoms with Crippen molar-refractivity contribution in [3.63, 3.8) is 0 Å². The third-order valence-corrected chi connectivity index (χ3v) is 7.49. The molecule has 0 saturated heterocycles. The maximum Gasteiger partial charge on any atom is 0.0850 e. The van der Waals surface area contributed by atoms with Crippen molar-refractivity contribution in [3.05, 3.63) is 0 Å². The van der Waals surface area contributed by atoms with Crippen LogP contribution in [0.25, 0.3) is 0 Å². The maximum absolute atomic E-state index is 12.2. The van der Waals surface area contributed by atoms with E-state index < -0.39 is 27.8 Å². The van der Waals surface area contributed by atoms with Crippen LogP contribution in [0.15, 0.2) is 0 Å². The summed E-state index contributed by atoms with van der Waals surface area (Å²) >= 11 is 0. The lowest BCUT2D eigenvalue weighted by atomic mass is 9.40. The van der Waals surface area contributed by atoms with Gasteiger partial charge in [0, 0.05) is 0 Å². The van der Waals surface area contributed by atoms with E-state index in [0.717, 1.165) is 0 Å². The van der Waals surface area contributed by atoms with Crippen LogP contribution >= 0.6 is 0 Å². The Morgan fingerprint density at radius 2 is 0.962 bits per heavy atom. The highest BCUT2D eigenvalue weighted by atomic mass is 16.3. The van der Waals surface area contributed by atoms with Crippen molar-refractivity contribution < 1.29 is 20.4 Å². The molecule has 158 valence electrons. The van der Waals surface area contributed by atoms with E-state index in [2.05, 4.69) is 0 Å². The second-order valence-corrected chi connectivity index (χ2v) is 10.2. The molecule has 0 fully saturated rings. The Morgan fingerprint density at radius 1 is 0.615 bits per heavy atom. The van der Waals surface area contributed by atoms with E-state index in [1.807, 2.05) is 55.4 Å². The molecule has 0 aliphatic carbocycles. The van der Waals surface area contributed by atoms with Crippen LogP contribution in [0.5, 0.6) is 0 Å². The van der Waals surface area contributed by atoms with Gasteiger partial charge in [0.25, 0.3) is 0 Å². The van der Waals surface area contributed by atoms with Gasteiger partial charge in [-0.2, -0.15) is 0 Å². The van der Waals surface area contributed by atoms with Gasteiger partial charge >= 0.3 is 0 Å². The van der Waals surface area contributed by atoms with Gasteiger partial charge in [-0.1, -0.05) is 61.8 Å². The van der Waals surface area contributed by atoms with E-state index >= 15 is 0 Å². The topological polar surface area (TPSA) is 80.9 Å². The number of aliphatic hydroxyl groups is 4. The van der Waals surface area contributed by atoms with E-state index in [9.17, 15) is 20.4 Å². The summed E-state index contributed by atoms with van der Waals surface area (Å²) in [4.78, 5) is 0. The molecule has 0 radical (unpaired) electrons. The molecule has 0 aromatic carbocycles. The summed E-state index contributed by atoms with van der Waals surface area (Å²) < 4.78 is 0. The molecule has 4 heteroatoms. The van der Waals surface area contributed by atoms with Crippen molar-refractivity contribution in [2.24, 2.45) is 29.1 Å². The highest BCUT2D eigenvalue weighted by molar-refractivity contribution is 5.25. The van der Waals surface area contributed by atoms with Crippen molar-refractivity contribution >= 4 is 0 Å². The average molecular weight is 375 g/mol. The van der Waals surface area contributed by atoms with E-state index in [1.165, 1.54) is 0 Å². The van der Waals surface area contributed by atoms with Crippen LogP contribution in [0.3, 0.4) is 0 Å². The maximum atomic E-state index is 12.2. The summed E-state index contributed by atoms with van der Waals surface area (Å²) in [6.07, 6.45) is 0.658. The summed E-state index contributed by atoms with van der Waals surface area (Å²) in [6.45, 7) is 21.7. The predicted molar refractivity (Wildman–Crippen MR) is 109 cm³/mol.